The largest absolute Gasteiger partial charge is 0.493 e. The van der Waals surface area contributed by atoms with E-state index >= 15 is 0 Å². The van der Waals surface area contributed by atoms with E-state index in [1.807, 2.05) is 18.2 Å². The number of primary amides is 1. The normalized spacial score (nSPS) is 16.0. The number of hydrogen-bond donors (Lipinski definition) is 1. The highest BCUT2D eigenvalue weighted by molar-refractivity contribution is 5.71. The molecule has 126 valence electrons. The van der Waals surface area contributed by atoms with E-state index < -0.39 is 12.2 Å². The van der Waals surface area contributed by atoms with Crippen LogP contribution in [0.5, 0.6) is 5.75 Å². The number of carbonyl (C=O) groups is 1. The van der Waals surface area contributed by atoms with Crippen LogP contribution in [0.3, 0.4) is 0 Å². The van der Waals surface area contributed by atoms with Gasteiger partial charge >= 0.3 is 6.09 Å². The molecule has 2 aromatic rings. The van der Waals surface area contributed by atoms with Crippen molar-refractivity contribution in [3.8, 4) is 16.9 Å². The first-order chi connectivity index (χ1) is 11.5. The molecule has 24 heavy (non-hydrogen) atoms. The summed E-state index contributed by atoms with van der Waals surface area (Å²) < 4.78 is 24.7. The fraction of sp³-hybridized carbons (Fsp3) is 0.278. The number of fused-ring (bicyclic) bond motifs is 1. The average Bonchev–Trinajstić information content (AvgIpc) is 2.54. The summed E-state index contributed by atoms with van der Waals surface area (Å²) in [7, 11) is 3.59. The number of ether oxygens (including phenoxy) is 2. The van der Waals surface area contributed by atoms with Crippen molar-refractivity contribution in [1.82, 2.24) is 0 Å². The summed E-state index contributed by atoms with van der Waals surface area (Å²) in [6.07, 6.45) is -0.631. The van der Waals surface area contributed by atoms with Crippen LogP contribution >= 0.6 is 0 Å². The Labute approximate surface area is 139 Å². The standard InChI is InChI=1S/C18H19FN2O3/c1-21(2)15-9-11(4-6-14(15)19)12-3-5-13-16(24-18(20)22)7-8-23-17(13)10-12/h3-6,9-10,16H,7-8H2,1-2H3,(H2,20,22). The second kappa shape index (κ2) is 6.39. The second-order valence-corrected chi connectivity index (χ2v) is 5.88. The predicted octanol–water partition coefficient (Wildman–Crippen LogP) is 3.48. The molecular formula is C18H19FN2O3. The molecule has 0 bridgehead atoms. The number of halogens is 1. The van der Waals surface area contributed by atoms with Crippen LogP contribution < -0.4 is 15.4 Å². The van der Waals surface area contributed by atoms with Gasteiger partial charge in [-0.2, -0.15) is 0 Å². The van der Waals surface area contributed by atoms with E-state index in [1.165, 1.54) is 6.07 Å². The van der Waals surface area contributed by atoms with E-state index in [2.05, 4.69) is 0 Å². The zero-order valence-corrected chi connectivity index (χ0v) is 13.6. The molecule has 1 aliphatic rings. The molecule has 3 rings (SSSR count). The van der Waals surface area contributed by atoms with Crippen LogP contribution in [0.15, 0.2) is 36.4 Å². The van der Waals surface area contributed by atoms with Gasteiger partial charge in [-0.1, -0.05) is 18.2 Å². The Morgan fingerprint density at radius 1 is 1.25 bits per heavy atom. The van der Waals surface area contributed by atoms with E-state index in [1.54, 1.807) is 31.1 Å². The van der Waals surface area contributed by atoms with Crippen molar-refractivity contribution in [1.29, 1.82) is 0 Å². The molecule has 0 aliphatic carbocycles. The zero-order chi connectivity index (χ0) is 17.3. The Kier molecular flexibility index (Phi) is 4.29. The van der Waals surface area contributed by atoms with Crippen LogP contribution in [0.4, 0.5) is 14.9 Å². The van der Waals surface area contributed by atoms with E-state index in [0.717, 1.165) is 16.7 Å². The lowest BCUT2D eigenvalue weighted by molar-refractivity contribution is 0.0766. The van der Waals surface area contributed by atoms with Crippen LogP contribution in [0, 0.1) is 5.82 Å². The van der Waals surface area contributed by atoms with Crippen molar-refractivity contribution in [2.24, 2.45) is 5.73 Å². The molecule has 1 unspecified atom stereocenters. The third-order valence-corrected chi connectivity index (χ3v) is 4.02. The van der Waals surface area contributed by atoms with Crippen molar-refractivity contribution in [3.05, 3.63) is 47.8 Å². The van der Waals surface area contributed by atoms with Gasteiger partial charge in [-0.3, -0.25) is 0 Å². The molecule has 2 aromatic carbocycles. The molecule has 1 atom stereocenters. The summed E-state index contributed by atoms with van der Waals surface area (Å²) in [5.74, 6) is 0.383. The Balaban J connectivity index is 1.97. The molecule has 5 nitrogen and oxygen atoms in total. The number of anilines is 1. The number of amides is 1. The summed E-state index contributed by atoms with van der Waals surface area (Å²) in [5.41, 5.74) is 8.20. The molecule has 2 N–H and O–H groups in total. The highest BCUT2D eigenvalue weighted by Gasteiger charge is 2.24. The molecule has 1 heterocycles. The van der Waals surface area contributed by atoms with Gasteiger partial charge in [0.15, 0.2) is 0 Å². The van der Waals surface area contributed by atoms with Gasteiger partial charge in [0.1, 0.15) is 17.7 Å². The zero-order valence-electron chi connectivity index (χ0n) is 13.6. The van der Waals surface area contributed by atoms with Gasteiger partial charge in [-0.05, 0) is 29.3 Å². The summed E-state index contributed by atoms with van der Waals surface area (Å²) in [6, 6.07) is 10.6. The Hall–Kier alpha value is -2.76. The van der Waals surface area contributed by atoms with Crippen molar-refractivity contribution in [2.45, 2.75) is 12.5 Å². The first kappa shape index (κ1) is 16.1. The van der Waals surface area contributed by atoms with Gasteiger partial charge in [0.25, 0.3) is 0 Å². The van der Waals surface area contributed by atoms with Crippen LogP contribution in [0.25, 0.3) is 11.1 Å². The van der Waals surface area contributed by atoms with Crippen molar-refractivity contribution >= 4 is 11.8 Å². The maximum atomic E-state index is 13.9. The second-order valence-electron chi connectivity index (χ2n) is 5.88. The van der Waals surface area contributed by atoms with E-state index in [4.69, 9.17) is 15.2 Å². The lowest BCUT2D eigenvalue weighted by atomic mass is 9.97. The first-order valence-electron chi connectivity index (χ1n) is 7.66. The van der Waals surface area contributed by atoms with Gasteiger partial charge in [-0.25, -0.2) is 9.18 Å². The number of nitrogens with zero attached hydrogens (tertiary/aromatic N) is 1. The highest BCUT2D eigenvalue weighted by Crippen LogP contribution is 2.38. The maximum absolute atomic E-state index is 13.9. The van der Waals surface area contributed by atoms with Gasteiger partial charge < -0.3 is 20.1 Å². The molecule has 0 saturated carbocycles. The minimum absolute atomic E-state index is 0.270. The summed E-state index contributed by atoms with van der Waals surface area (Å²) in [4.78, 5) is 12.7. The molecule has 0 spiro atoms. The van der Waals surface area contributed by atoms with Gasteiger partial charge in [0, 0.05) is 26.1 Å². The number of benzene rings is 2. The number of carbonyl (C=O) groups excluding carboxylic acids is 1. The lowest BCUT2D eigenvalue weighted by Gasteiger charge is -2.25. The van der Waals surface area contributed by atoms with E-state index in [-0.39, 0.29) is 5.82 Å². The Morgan fingerprint density at radius 3 is 2.67 bits per heavy atom. The molecule has 1 aliphatic heterocycles. The Morgan fingerprint density at radius 2 is 1.96 bits per heavy atom. The van der Waals surface area contributed by atoms with Crippen LogP contribution in [0.2, 0.25) is 0 Å². The van der Waals surface area contributed by atoms with Crippen molar-refractivity contribution < 1.29 is 18.7 Å². The maximum Gasteiger partial charge on any atom is 0.405 e. The van der Waals surface area contributed by atoms with Crippen LogP contribution in [-0.2, 0) is 4.74 Å². The van der Waals surface area contributed by atoms with Crippen molar-refractivity contribution in [2.75, 3.05) is 25.6 Å². The summed E-state index contributed by atoms with van der Waals surface area (Å²) in [5, 5.41) is 0. The average molecular weight is 330 g/mol. The number of rotatable bonds is 3. The van der Waals surface area contributed by atoms with E-state index in [9.17, 15) is 9.18 Å². The van der Waals surface area contributed by atoms with Gasteiger partial charge in [0.05, 0.1) is 12.3 Å². The molecule has 0 saturated heterocycles. The lowest BCUT2D eigenvalue weighted by Crippen LogP contribution is -2.22. The predicted molar refractivity (Wildman–Crippen MR) is 89.7 cm³/mol. The third kappa shape index (κ3) is 3.13. The van der Waals surface area contributed by atoms with Crippen LogP contribution in [-0.4, -0.2) is 26.8 Å². The summed E-state index contributed by atoms with van der Waals surface area (Å²) in [6.45, 7) is 0.445. The molecule has 1 amide bonds. The third-order valence-electron chi connectivity index (χ3n) is 4.02. The fourth-order valence-electron chi connectivity index (χ4n) is 2.83. The molecular weight excluding hydrogens is 311 g/mol. The molecule has 0 fully saturated rings. The topological polar surface area (TPSA) is 64.8 Å². The first-order valence-corrected chi connectivity index (χ1v) is 7.66. The minimum atomic E-state index is -0.800. The SMILES string of the molecule is CN(C)c1cc(-c2ccc3c(c2)OCCC3OC(N)=O)ccc1F. The summed E-state index contributed by atoms with van der Waals surface area (Å²) >= 11 is 0. The quantitative estimate of drug-likeness (QED) is 0.936. The number of hydrogen-bond acceptors (Lipinski definition) is 4. The molecule has 6 heteroatoms. The molecule has 0 radical (unpaired) electrons. The van der Waals surface area contributed by atoms with Crippen molar-refractivity contribution in [3.63, 3.8) is 0 Å². The Bertz CT molecular complexity index is 777. The van der Waals surface area contributed by atoms with Crippen LogP contribution in [0.1, 0.15) is 18.1 Å². The fourth-order valence-corrected chi connectivity index (χ4v) is 2.83. The monoisotopic (exact) mass is 330 g/mol. The van der Waals surface area contributed by atoms with Gasteiger partial charge in [-0.15, -0.1) is 0 Å². The van der Waals surface area contributed by atoms with E-state index in [0.29, 0.717) is 24.5 Å². The van der Waals surface area contributed by atoms with Gasteiger partial charge in [0.2, 0.25) is 0 Å². The molecule has 0 aromatic heterocycles. The number of nitrogens with two attached hydrogens (primary N) is 1. The minimum Gasteiger partial charge on any atom is -0.493 e. The highest BCUT2D eigenvalue weighted by atomic mass is 19.1. The smallest absolute Gasteiger partial charge is 0.405 e.